The van der Waals surface area contributed by atoms with E-state index < -0.39 is 27.1 Å². The highest BCUT2D eigenvalue weighted by Gasteiger charge is 2.19. The van der Waals surface area contributed by atoms with Crippen LogP contribution < -0.4 is 5.43 Å². The number of carbonyl (C=O) groups excluding carboxylic acids is 1. The Kier molecular flexibility index (Phi) is 5.86. The van der Waals surface area contributed by atoms with E-state index in [1.54, 1.807) is 25.1 Å². The Hall–Kier alpha value is -3.04. The fourth-order valence-corrected chi connectivity index (χ4v) is 2.22. The number of hydrogen-bond donors (Lipinski definition) is 1. The molecule has 0 aliphatic heterocycles. The molecule has 9 nitrogen and oxygen atoms in total. The van der Waals surface area contributed by atoms with Gasteiger partial charge in [-0.05, 0) is 24.6 Å². The van der Waals surface area contributed by atoms with Gasteiger partial charge in [0.25, 0.3) is 17.3 Å². The predicted molar refractivity (Wildman–Crippen MR) is 95.9 cm³/mol. The minimum atomic E-state index is -0.837. The second kappa shape index (κ2) is 7.89. The number of hydrazone groups is 1. The van der Waals surface area contributed by atoms with Crippen LogP contribution >= 0.6 is 23.2 Å². The molecule has 0 atom stereocenters. The second-order valence-electron chi connectivity index (χ2n) is 5.02. The third-order valence-electron chi connectivity index (χ3n) is 3.25. The number of nitrogens with zero attached hydrogens (tertiary/aromatic N) is 3. The van der Waals surface area contributed by atoms with Crippen LogP contribution in [0.15, 0.2) is 41.5 Å². The summed E-state index contributed by atoms with van der Waals surface area (Å²) in [6.07, 6.45) is 0. The molecule has 2 aromatic carbocycles. The molecule has 0 saturated carbocycles. The molecule has 0 fully saturated rings. The Bertz CT molecular complexity index is 913. The first kappa shape index (κ1) is 19.3. The number of nitro benzene ring substituents is 2. The molecule has 1 amide bonds. The first-order valence-electron chi connectivity index (χ1n) is 6.93. The lowest BCUT2D eigenvalue weighted by molar-refractivity contribution is -0.394. The average molecular weight is 397 g/mol. The summed E-state index contributed by atoms with van der Waals surface area (Å²) in [4.78, 5) is 32.2. The molecule has 0 aliphatic carbocycles. The number of carbonyl (C=O) groups is 1. The smallest absolute Gasteiger partial charge is 0.267 e. The molecule has 2 aromatic rings. The summed E-state index contributed by atoms with van der Waals surface area (Å²) in [6, 6.07) is 7.36. The minimum Gasteiger partial charge on any atom is -0.267 e. The van der Waals surface area contributed by atoms with Crippen LogP contribution in [-0.4, -0.2) is 21.5 Å². The molecule has 0 heterocycles. The quantitative estimate of drug-likeness (QED) is 0.464. The monoisotopic (exact) mass is 396 g/mol. The molecule has 11 heteroatoms. The van der Waals surface area contributed by atoms with Crippen LogP contribution in [0.1, 0.15) is 22.8 Å². The van der Waals surface area contributed by atoms with Crippen molar-refractivity contribution < 1.29 is 14.6 Å². The van der Waals surface area contributed by atoms with Crippen molar-refractivity contribution in [1.29, 1.82) is 0 Å². The van der Waals surface area contributed by atoms with E-state index in [0.717, 1.165) is 18.2 Å². The molecule has 1 N–H and O–H groups in total. The van der Waals surface area contributed by atoms with Crippen molar-refractivity contribution >= 4 is 46.2 Å². The molecule has 2 rings (SSSR count). The van der Waals surface area contributed by atoms with E-state index >= 15 is 0 Å². The summed E-state index contributed by atoms with van der Waals surface area (Å²) in [7, 11) is 0. The zero-order chi connectivity index (χ0) is 19.4. The number of non-ortho nitro benzene ring substituents is 2. The summed E-state index contributed by atoms with van der Waals surface area (Å²) in [5.74, 6) is -0.837. The highest BCUT2D eigenvalue weighted by Crippen LogP contribution is 2.24. The molecule has 0 saturated heterocycles. The number of nitro groups is 2. The Labute approximate surface area is 156 Å². The summed E-state index contributed by atoms with van der Waals surface area (Å²) in [6.45, 7) is 1.59. The SMILES string of the molecule is C/C(=N/NC(=O)c1cc([N+](=O)[O-])cc([N+](=O)[O-])c1)c1ccc(Cl)c(Cl)c1. The van der Waals surface area contributed by atoms with Crippen molar-refractivity contribution in [2.75, 3.05) is 0 Å². The van der Waals surface area contributed by atoms with Gasteiger partial charge in [-0.3, -0.25) is 25.0 Å². The van der Waals surface area contributed by atoms with Crippen molar-refractivity contribution in [2.45, 2.75) is 6.92 Å². The molecule has 0 aliphatic rings. The van der Waals surface area contributed by atoms with E-state index in [4.69, 9.17) is 23.2 Å². The molecule has 0 unspecified atom stereocenters. The zero-order valence-corrected chi connectivity index (χ0v) is 14.6. The van der Waals surface area contributed by atoms with Gasteiger partial charge in [0.1, 0.15) is 0 Å². The first-order chi connectivity index (χ1) is 12.2. The van der Waals surface area contributed by atoms with Crippen molar-refractivity contribution in [3.8, 4) is 0 Å². The Balaban J connectivity index is 2.27. The standard InChI is InChI=1S/C15H10Cl2N4O5/c1-8(9-2-3-13(16)14(17)6-9)18-19-15(22)10-4-11(20(23)24)7-12(5-10)21(25)26/h2-7H,1H3,(H,19,22)/b18-8-. The molecular formula is C15H10Cl2N4O5. The van der Waals surface area contributed by atoms with Gasteiger partial charge in [0.2, 0.25) is 0 Å². The Morgan fingerprint density at radius 3 is 2.04 bits per heavy atom. The van der Waals surface area contributed by atoms with E-state index in [-0.39, 0.29) is 5.56 Å². The number of hydrogen-bond acceptors (Lipinski definition) is 6. The Morgan fingerprint density at radius 1 is 0.962 bits per heavy atom. The highest BCUT2D eigenvalue weighted by atomic mass is 35.5. The number of nitrogens with one attached hydrogen (secondary N) is 1. The van der Waals surface area contributed by atoms with Crippen LogP contribution in [0.3, 0.4) is 0 Å². The third-order valence-corrected chi connectivity index (χ3v) is 3.99. The fourth-order valence-electron chi connectivity index (χ4n) is 1.92. The molecule has 0 aromatic heterocycles. The van der Waals surface area contributed by atoms with Gasteiger partial charge < -0.3 is 0 Å². The lowest BCUT2D eigenvalue weighted by atomic mass is 10.1. The first-order valence-corrected chi connectivity index (χ1v) is 7.68. The van der Waals surface area contributed by atoms with Crippen molar-refractivity contribution in [1.82, 2.24) is 5.43 Å². The van der Waals surface area contributed by atoms with Crippen molar-refractivity contribution in [2.24, 2.45) is 5.10 Å². The maximum absolute atomic E-state index is 12.1. The van der Waals surface area contributed by atoms with E-state index in [2.05, 4.69) is 10.5 Å². The number of rotatable bonds is 5. The van der Waals surface area contributed by atoms with Crippen molar-refractivity contribution in [3.63, 3.8) is 0 Å². The normalized spacial score (nSPS) is 11.1. The van der Waals surface area contributed by atoms with E-state index in [9.17, 15) is 25.0 Å². The van der Waals surface area contributed by atoms with Gasteiger partial charge in [-0.25, -0.2) is 5.43 Å². The van der Waals surface area contributed by atoms with Gasteiger partial charge in [-0.15, -0.1) is 0 Å². The number of benzene rings is 2. The minimum absolute atomic E-state index is 0.267. The fraction of sp³-hybridized carbons (Fsp3) is 0.0667. The van der Waals surface area contributed by atoms with Crippen LogP contribution in [0.25, 0.3) is 0 Å². The largest absolute Gasteiger partial charge is 0.277 e. The highest BCUT2D eigenvalue weighted by molar-refractivity contribution is 6.42. The summed E-state index contributed by atoms with van der Waals surface area (Å²) in [5.41, 5.74) is 1.75. The van der Waals surface area contributed by atoms with E-state index in [1.807, 2.05) is 0 Å². The third kappa shape index (κ3) is 4.52. The van der Waals surface area contributed by atoms with Crippen LogP contribution in [0.2, 0.25) is 10.0 Å². The lowest BCUT2D eigenvalue weighted by Crippen LogP contribution is -2.19. The van der Waals surface area contributed by atoms with Crippen LogP contribution in [-0.2, 0) is 0 Å². The molecule has 0 spiro atoms. The van der Waals surface area contributed by atoms with E-state index in [0.29, 0.717) is 21.3 Å². The molecule has 0 radical (unpaired) electrons. The van der Waals surface area contributed by atoms with Gasteiger partial charge in [-0.2, -0.15) is 5.10 Å². The molecule has 0 bridgehead atoms. The predicted octanol–water partition coefficient (Wildman–Crippen LogP) is 3.96. The van der Waals surface area contributed by atoms with Gasteiger partial charge in [0.05, 0.1) is 37.2 Å². The van der Waals surface area contributed by atoms with Crippen LogP contribution in [0.5, 0.6) is 0 Å². The number of halogens is 2. The average Bonchev–Trinajstić information content (AvgIpc) is 2.61. The summed E-state index contributed by atoms with van der Waals surface area (Å²) >= 11 is 11.7. The maximum atomic E-state index is 12.1. The molecule has 134 valence electrons. The van der Waals surface area contributed by atoms with Crippen molar-refractivity contribution in [3.05, 3.63) is 77.8 Å². The number of amides is 1. The molecule has 26 heavy (non-hydrogen) atoms. The maximum Gasteiger partial charge on any atom is 0.277 e. The van der Waals surface area contributed by atoms with Gasteiger partial charge >= 0.3 is 0 Å². The van der Waals surface area contributed by atoms with Crippen LogP contribution in [0.4, 0.5) is 11.4 Å². The van der Waals surface area contributed by atoms with Gasteiger partial charge in [0, 0.05) is 12.1 Å². The lowest BCUT2D eigenvalue weighted by Gasteiger charge is -2.05. The van der Waals surface area contributed by atoms with Crippen LogP contribution in [0, 0.1) is 20.2 Å². The Morgan fingerprint density at radius 2 is 1.54 bits per heavy atom. The molecular weight excluding hydrogens is 387 g/mol. The van der Waals surface area contributed by atoms with E-state index in [1.165, 1.54) is 0 Å². The zero-order valence-electron chi connectivity index (χ0n) is 13.1. The topological polar surface area (TPSA) is 128 Å². The van der Waals surface area contributed by atoms with Gasteiger partial charge in [0.15, 0.2) is 0 Å². The second-order valence-corrected chi connectivity index (χ2v) is 5.83. The summed E-state index contributed by atoms with van der Waals surface area (Å²) < 4.78 is 0. The summed E-state index contributed by atoms with van der Waals surface area (Å²) in [5, 5.41) is 26.3. The van der Waals surface area contributed by atoms with Gasteiger partial charge in [-0.1, -0.05) is 29.3 Å².